The lowest BCUT2D eigenvalue weighted by molar-refractivity contribution is 0.582. The minimum atomic E-state index is -0.283. The fraction of sp³-hybridized carbons (Fsp3) is 0.200. The highest BCUT2D eigenvalue weighted by atomic mass is 79.9. The van der Waals surface area contributed by atoms with Crippen LogP contribution < -0.4 is 5.32 Å². The molecule has 0 fully saturated rings. The van der Waals surface area contributed by atoms with Gasteiger partial charge < -0.3 is 5.32 Å². The summed E-state index contributed by atoms with van der Waals surface area (Å²) in [4.78, 5) is 0. The molecule has 0 amide bonds. The first-order valence-electron chi connectivity index (χ1n) is 6.07. The predicted molar refractivity (Wildman–Crippen MR) is 86.1 cm³/mol. The van der Waals surface area contributed by atoms with Crippen LogP contribution in [0.4, 0.5) is 4.39 Å². The Morgan fingerprint density at radius 2 is 1.95 bits per heavy atom. The summed E-state index contributed by atoms with van der Waals surface area (Å²) < 4.78 is 14.2. The van der Waals surface area contributed by atoms with Gasteiger partial charge in [0, 0.05) is 20.6 Å². The second kappa shape index (κ2) is 6.90. The maximum Gasteiger partial charge on any atom is 0.123 e. The fourth-order valence-electron chi connectivity index (χ4n) is 2.07. The van der Waals surface area contributed by atoms with Crippen molar-refractivity contribution < 1.29 is 4.39 Å². The SMILES string of the molecule is CNC(Cc1cc(F)ccc1Cl)c1ccc(Cl)cc1Br. The molecule has 0 aliphatic carbocycles. The number of likely N-dealkylation sites (N-methyl/N-ethyl adjacent to an activating group) is 1. The van der Waals surface area contributed by atoms with Gasteiger partial charge in [0.25, 0.3) is 0 Å². The molecule has 1 N–H and O–H groups in total. The molecule has 0 radical (unpaired) electrons. The van der Waals surface area contributed by atoms with Gasteiger partial charge in [-0.1, -0.05) is 45.2 Å². The Labute approximate surface area is 136 Å². The van der Waals surface area contributed by atoms with Gasteiger partial charge in [-0.25, -0.2) is 4.39 Å². The van der Waals surface area contributed by atoms with Gasteiger partial charge in [0.1, 0.15) is 5.82 Å². The fourth-order valence-corrected chi connectivity index (χ4v) is 3.22. The van der Waals surface area contributed by atoms with Crippen molar-refractivity contribution in [1.29, 1.82) is 0 Å². The van der Waals surface area contributed by atoms with Crippen molar-refractivity contribution in [2.24, 2.45) is 0 Å². The van der Waals surface area contributed by atoms with E-state index in [0.717, 1.165) is 15.6 Å². The quantitative estimate of drug-likeness (QED) is 0.753. The number of halogens is 4. The molecule has 0 aliphatic rings. The predicted octanol–water partition coefficient (Wildman–Crippen LogP) is 5.40. The van der Waals surface area contributed by atoms with Crippen LogP contribution in [0.2, 0.25) is 10.0 Å². The summed E-state index contributed by atoms with van der Waals surface area (Å²) in [5.41, 5.74) is 1.82. The van der Waals surface area contributed by atoms with E-state index in [0.29, 0.717) is 16.5 Å². The Bertz CT molecular complexity index is 619. The largest absolute Gasteiger partial charge is 0.313 e. The number of rotatable bonds is 4. The van der Waals surface area contributed by atoms with Crippen molar-refractivity contribution >= 4 is 39.1 Å². The standard InChI is InChI=1S/C15H13BrCl2FN/c1-20-15(12-4-2-10(17)8-13(12)16)7-9-6-11(19)3-5-14(9)18/h2-6,8,15,20H,7H2,1H3. The highest BCUT2D eigenvalue weighted by Crippen LogP contribution is 2.30. The van der Waals surface area contributed by atoms with Gasteiger partial charge >= 0.3 is 0 Å². The van der Waals surface area contributed by atoms with Crippen LogP contribution in [0.1, 0.15) is 17.2 Å². The summed E-state index contributed by atoms with van der Waals surface area (Å²) >= 11 is 15.6. The molecule has 2 aromatic rings. The van der Waals surface area contributed by atoms with E-state index in [-0.39, 0.29) is 11.9 Å². The van der Waals surface area contributed by atoms with Crippen molar-refractivity contribution in [3.63, 3.8) is 0 Å². The molecule has 1 unspecified atom stereocenters. The molecule has 2 aromatic carbocycles. The average molecular weight is 377 g/mol. The molecule has 0 spiro atoms. The Balaban J connectivity index is 2.31. The molecule has 5 heteroatoms. The Hall–Kier alpha value is -0.610. The smallest absolute Gasteiger partial charge is 0.123 e. The molecule has 0 saturated heterocycles. The second-order valence-corrected chi connectivity index (χ2v) is 6.14. The number of benzene rings is 2. The Kier molecular flexibility index (Phi) is 5.44. The number of nitrogens with one attached hydrogen (secondary N) is 1. The zero-order chi connectivity index (χ0) is 14.7. The highest BCUT2D eigenvalue weighted by molar-refractivity contribution is 9.10. The highest BCUT2D eigenvalue weighted by Gasteiger charge is 2.15. The van der Waals surface area contributed by atoms with E-state index in [2.05, 4.69) is 21.2 Å². The Morgan fingerprint density at radius 1 is 1.20 bits per heavy atom. The molecular formula is C15H13BrCl2FN. The van der Waals surface area contributed by atoms with E-state index in [1.165, 1.54) is 12.1 Å². The van der Waals surface area contributed by atoms with Crippen molar-refractivity contribution in [2.75, 3.05) is 7.05 Å². The average Bonchev–Trinajstić information content (AvgIpc) is 2.40. The zero-order valence-corrected chi connectivity index (χ0v) is 13.9. The lowest BCUT2D eigenvalue weighted by Gasteiger charge is -2.19. The van der Waals surface area contributed by atoms with Crippen molar-refractivity contribution in [3.05, 3.63) is 67.9 Å². The van der Waals surface area contributed by atoms with E-state index >= 15 is 0 Å². The van der Waals surface area contributed by atoms with Gasteiger partial charge in [0.15, 0.2) is 0 Å². The third-order valence-corrected chi connectivity index (χ3v) is 4.41. The summed E-state index contributed by atoms with van der Waals surface area (Å²) in [5.74, 6) is -0.283. The minimum absolute atomic E-state index is 0.0148. The van der Waals surface area contributed by atoms with E-state index < -0.39 is 0 Å². The third-order valence-electron chi connectivity index (χ3n) is 3.12. The molecule has 1 atom stereocenters. The van der Waals surface area contributed by atoms with Gasteiger partial charge in [-0.3, -0.25) is 0 Å². The summed E-state index contributed by atoms with van der Waals surface area (Å²) in [6.45, 7) is 0. The van der Waals surface area contributed by atoms with Crippen LogP contribution in [0.15, 0.2) is 40.9 Å². The third kappa shape index (κ3) is 3.73. The van der Waals surface area contributed by atoms with Gasteiger partial charge in [-0.05, 0) is 54.9 Å². The molecule has 106 valence electrons. The summed E-state index contributed by atoms with van der Waals surface area (Å²) in [7, 11) is 1.86. The summed E-state index contributed by atoms with van der Waals surface area (Å²) in [6.07, 6.45) is 0.591. The van der Waals surface area contributed by atoms with Crippen molar-refractivity contribution in [3.8, 4) is 0 Å². The molecule has 0 bridgehead atoms. The Morgan fingerprint density at radius 3 is 2.60 bits per heavy atom. The summed E-state index contributed by atoms with van der Waals surface area (Å²) in [6, 6.07) is 10.0. The maximum atomic E-state index is 13.3. The zero-order valence-electron chi connectivity index (χ0n) is 10.8. The van der Waals surface area contributed by atoms with Crippen LogP contribution in [-0.4, -0.2) is 7.05 Å². The van der Waals surface area contributed by atoms with Crippen LogP contribution >= 0.6 is 39.1 Å². The van der Waals surface area contributed by atoms with Gasteiger partial charge in [-0.2, -0.15) is 0 Å². The van der Waals surface area contributed by atoms with Crippen LogP contribution in [0, 0.1) is 5.82 Å². The van der Waals surface area contributed by atoms with Crippen LogP contribution in [0.5, 0.6) is 0 Å². The molecule has 2 rings (SSSR count). The molecule has 20 heavy (non-hydrogen) atoms. The van der Waals surface area contributed by atoms with E-state index in [1.807, 2.05) is 25.2 Å². The number of hydrogen-bond donors (Lipinski definition) is 1. The van der Waals surface area contributed by atoms with Crippen molar-refractivity contribution in [2.45, 2.75) is 12.5 Å². The van der Waals surface area contributed by atoms with E-state index in [4.69, 9.17) is 23.2 Å². The number of hydrogen-bond acceptors (Lipinski definition) is 1. The van der Waals surface area contributed by atoms with Gasteiger partial charge in [0.05, 0.1) is 0 Å². The second-order valence-electron chi connectivity index (χ2n) is 4.45. The molecule has 0 saturated carbocycles. The minimum Gasteiger partial charge on any atom is -0.313 e. The lowest BCUT2D eigenvalue weighted by Crippen LogP contribution is -2.19. The van der Waals surface area contributed by atoms with Crippen LogP contribution in [-0.2, 0) is 6.42 Å². The van der Waals surface area contributed by atoms with Gasteiger partial charge in [0.2, 0.25) is 0 Å². The molecule has 0 heterocycles. The monoisotopic (exact) mass is 375 g/mol. The first kappa shape index (κ1) is 15.8. The van der Waals surface area contributed by atoms with Gasteiger partial charge in [-0.15, -0.1) is 0 Å². The van der Waals surface area contributed by atoms with Crippen LogP contribution in [0.25, 0.3) is 0 Å². The maximum absolute atomic E-state index is 13.3. The van der Waals surface area contributed by atoms with E-state index in [9.17, 15) is 4.39 Å². The lowest BCUT2D eigenvalue weighted by atomic mass is 9.99. The topological polar surface area (TPSA) is 12.0 Å². The molecule has 1 nitrogen and oxygen atoms in total. The van der Waals surface area contributed by atoms with Crippen LogP contribution in [0.3, 0.4) is 0 Å². The molecule has 0 aromatic heterocycles. The molecule has 0 aliphatic heterocycles. The van der Waals surface area contributed by atoms with E-state index in [1.54, 1.807) is 6.07 Å². The summed E-state index contributed by atoms with van der Waals surface area (Å²) in [5, 5.41) is 4.45. The molecular weight excluding hydrogens is 364 g/mol. The normalized spacial score (nSPS) is 12.4. The first-order chi connectivity index (χ1) is 9.51. The first-order valence-corrected chi connectivity index (χ1v) is 7.62. The van der Waals surface area contributed by atoms with Crippen molar-refractivity contribution in [1.82, 2.24) is 5.32 Å².